The third kappa shape index (κ3) is 8.26. The molecule has 2 aromatic rings. The Morgan fingerprint density at radius 3 is 2.11 bits per heavy atom. The van der Waals surface area contributed by atoms with Crippen molar-refractivity contribution in [2.75, 3.05) is 14.1 Å². The number of aromatic nitrogens is 2. The van der Waals surface area contributed by atoms with Gasteiger partial charge in [0.1, 0.15) is 11.6 Å². The Kier molecular flexibility index (Phi) is 10.5. The number of halogens is 2. The van der Waals surface area contributed by atoms with Gasteiger partial charge in [-0.2, -0.15) is 0 Å². The van der Waals surface area contributed by atoms with Crippen molar-refractivity contribution in [3.8, 4) is 0 Å². The molecule has 0 bridgehead atoms. The lowest BCUT2D eigenvalue weighted by Crippen LogP contribution is -2.27. The van der Waals surface area contributed by atoms with Crippen molar-refractivity contribution < 1.29 is 9.59 Å². The molecule has 0 unspecified atom stereocenters. The van der Waals surface area contributed by atoms with E-state index in [9.17, 15) is 9.59 Å². The topological polar surface area (TPSA) is 90.5 Å². The monoisotopic (exact) mass is 462 g/mol. The van der Waals surface area contributed by atoms with E-state index in [-0.39, 0.29) is 0 Å². The van der Waals surface area contributed by atoms with Crippen LogP contribution >= 0.6 is 45.9 Å². The second-order valence-electron chi connectivity index (χ2n) is 5.11. The maximum absolute atomic E-state index is 10.7. The van der Waals surface area contributed by atoms with Crippen molar-refractivity contribution in [2.24, 2.45) is 0 Å². The maximum Gasteiger partial charge on any atom is 0.215 e. The minimum absolute atomic E-state index is 0.438. The van der Waals surface area contributed by atoms with Gasteiger partial charge in [-0.25, -0.2) is 9.97 Å². The van der Waals surface area contributed by atoms with Gasteiger partial charge in [0.2, 0.25) is 12.8 Å². The summed E-state index contributed by atoms with van der Waals surface area (Å²) < 4.78 is 0.983. The van der Waals surface area contributed by atoms with Crippen molar-refractivity contribution in [1.29, 1.82) is 0 Å². The molecule has 12 heteroatoms. The summed E-state index contributed by atoms with van der Waals surface area (Å²) in [6, 6.07) is 0. The van der Waals surface area contributed by atoms with Gasteiger partial charge in [-0.05, 0) is 0 Å². The zero-order chi connectivity index (χ0) is 21.1. The van der Waals surface area contributed by atoms with Gasteiger partial charge in [-0.1, -0.05) is 36.4 Å². The molecule has 0 aromatic carbocycles. The Hall–Kier alpha value is -2.14. The SMILES string of the molecule is C=C(NC)N(C=O)Cc1cnc(Cl)s1.C=C(NCc1cnc(Cl)s1)N(C)C=O. The second-order valence-corrected chi connectivity index (χ2v) is 8.50. The van der Waals surface area contributed by atoms with E-state index < -0.39 is 0 Å². The summed E-state index contributed by atoms with van der Waals surface area (Å²) in [5.41, 5.74) is 0. The molecule has 0 saturated heterocycles. The first-order valence-electron chi connectivity index (χ1n) is 7.70. The standard InChI is InChI=1S/2C8H10ClN3OS/c1-6(12(2)5-13)10-3-7-4-11-8(9)14-7;1-6(10-2)12(5-13)4-7-3-11-8(9)14-7/h4-5,10H,1,3H2,2H3;3,5,10H,1,4H2,2H3. The lowest BCUT2D eigenvalue weighted by molar-refractivity contribution is -0.117. The van der Waals surface area contributed by atoms with E-state index in [4.69, 9.17) is 23.2 Å². The molecule has 28 heavy (non-hydrogen) atoms. The van der Waals surface area contributed by atoms with E-state index in [1.807, 2.05) is 0 Å². The van der Waals surface area contributed by atoms with Crippen molar-refractivity contribution in [3.05, 3.63) is 55.9 Å². The predicted molar refractivity (Wildman–Crippen MR) is 114 cm³/mol. The molecule has 0 aliphatic carbocycles. The number of nitrogens with one attached hydrogen (secondary N) is 2. The van der Waals surface area contributed by atoms with Crippen LogP contribution in [0.15, 0.2) is 37.2 Å². The normalized spacial score (nSPS) is 9.57. The zero-order valence-electron chi connectivity index (χ0n) is 15.3. The molecule has 0 saturated carbocycles. The fourth-order valence-corrected chi connectivity index (χ4v) is 3.50. The molecule has 0 radical (unpaired) electrons. The van der Waals surface area contributed by atoms with Gasteiger partial charge >= 0.3 is 0 Å². The molecule has 2 N–H and O–H groups in total. The molecule has 8 nitrogen and oxygen atoms in total. The number of hydrogen-bond donors (Lipinski definition) is 2. The quantitative estimate of drug-likeness (QED) is 0.527. The number of carbonyl (C=O) groups excluding carboxylic acids is 2. The highest BCUT2D eigenvalue weighted by Gasteiger charge is 2.08. The zero-order valence-corrected chi connectivity index (χ0v) is 18.5. The van der Waals surface area contributed by atoms with Crippen LogP contribution in [0.3, 0.4) is 0 Å². The minimum Gasteiger partial charge on any atom is -0.375 e. The van der Waals surface area contributed by atoms with Crippen LogP contribution in [-0.2, 0) is 22.7 Å². The average molecular weight is 463 g/mol. The Balaban J connectivity index is 0.000000280. The third-order valence-corrected chi connectivity index (χ3v) is 5.40. The van der Waals surface area contributed by atoms with E-state index in [1.165, 1.54) is 32.5 Å². The van der Waals surface area contributed by atoms with Crippen molar-refractivity contribution in [2.45, 2.75) is 13.1 Å². The average Bonchev–Trinajstić information content (AvgIpc) is 3.30. The predicted octanol–water partition coefficient (Wildman–Crippen LogP) is 2.89. The number of carbonyl (C=O) groups is 2. The number of rotatable bonds is 10. The van der Waals surface area contributed by atoms with Crippen molar-refractivity contribution >= 4 is 58.7 Å². The Bertz CT molecular complexity index is 809. The highest BCUT2D eigenvalue weighted by atomic mass is 35.5. The first-order valence-corrected chi connectivity index (χ1v) is 10.1. The lowest BCUT2D eigenvalue weighted by atomic mass is 10.5. The fourth-order valence-electron chi connectivity index (χ4n) is 1.61. The van der Waals surface area contributed by atoms with Crippen LogP contribution in [0, 0.1) is 0 Å². The summed E-state index contributed by atoms with van der Waals surface area (Å²) in [5.74, 6) is 1.09. The molecule has 0 atom stereocenters. The second kappa shape index (κ2) is 12.3. The van der Waals surface area contributed by atoms with Gasteiger partial charge in [-0.15, -0.1) is 22.7 Å². The lowest BCUT2D eigenvalue weighted by Gasteiger charge is -2.17. The number of amides is 2. The Morgan fingerprint density at radius 2 is 1.68 bits per heavy atom. The Morgan fingerprint density at radius 1 is 1.11 bits per heavy atom. The molecule has 0 fully saturated rings. The van der Waals surface area contributed by atoms with Crippen LogP contribution in [0.1, 0.15) is 9.75 Å². The molecular formula is C16H20Cl2N6O2S2. The molecule has 0 aliphatic heterocycles. The molecule has 0 aliphatic rings. The Labute approximate surface area is 181 Å². The van der Waals surface area contributed by atoms with Crippen LogP contribution in [0.5, 0.6) is 0 Å². The smallest absolute Gasteiger partial charge is 0.215 e. The third-order valence-electron chi connectivity index (χ3n) is 3.19. The summed E-state index contributed by atoms with van der Waals surface area (Å²) >= 11 is 14.1. The van der Waals surface area contributed by atoms with Gasteiger partial charge in [0.05, 0.1) is 13.1 Å². The van der Waals surface area contributed by atoms with Gasteiger partial charge in [0, 0.05) is 36.2 Å². The van der Waals surface area contributed by atoms with Crippen LogP contribution < -0.4 is 10.6 Å². The molecular weight excluding hydrogens is 443 g/mol. The van der Waals surface area contributed by atoms with Crippen LogP contribution in [0.25, 0.3) is 0 Å². The summed E-state index contributed by atoms with van der Waals surface area (Å²) in [4.78, 5) is 33.5. The fraction of sp³-hybridized carbons (Fsp3) is 0.250. The van der Waals surface area contributed by atoms with Gasteiger partial charge in [-0.3, -0.25) is 14.5 Å². The van der Waals surface area contributed by atoms with Gasteiger partial charge in [0.25, 0.3) is 0 Å². The molecule has 2 rings (SSSR count). The summed E-state index contributed by atoms with van der Waals surface area (Å²) in [5, 5.41) is 5.77. The van der Waals surface area contributed by atoms with E-state index in [0.717, 1.165) is 9.75 Å². The summed E-state index contributed by atoms with van der Waals surface area (Å²) in [6.45, 7) is 8.37. The first kappa shape index (κ1) is 23.9. The minimum atomic E-state index is 0.438. The molecule has 2 amide bonds. The molecule has 2 aromatic heterocycles. The number of thiazole rings is 2. The first-order chi connectivity index (χ1) is 13.3. The van der Waals surface area contributed by atoms with Crippen LogP contribution in [0.4, 0.5) is 0 Å². The van der Waals surface area contributed by atoms with Gasteiger partial charge in [0.15, 0.2) is 8.93 Å². The van der Waals surface area contributed by atoms with Crippen molar-refractivity contribution in [3.63, 3.8) is 0 Å². The van der Waals surface area contributed by atoms with Crippen LogP contribution in [-0.4, -0.2) is 46.7 Å². The van der Waals surface area contributed by atoms with Gasteiger partial charge < -0.3 is 15.5 Å². The van der Waals surface area contributed by atoms with E-state index in [0.29, 0.717) is 46.5 Å². The maximum atomic E-state index is 10.7. The largest absolute Gasteiger partial charge is 0.375 e. The molecule has 152 valence electrons. The summed E-state index contributed by atoms with van der Waals surface area (Å²) in [6.07, 6.45) is 4.74. The van der Waals surface area contributed by atoms with E-state index in [2.05, 4.69) is 33.8 Å². The van der Waals surface area contributed by atoms with E-state index in [1.54, 1.807) is 26.5 Å². The van der Waals surface area contributed by atoms with Crippen LogP contribution in [0.2, 0.25) is 8.93 Å². The highest BCUT2D eigenvalue weighted by molar-refractivity contribution is 7.16. The molecule has 0 spiro atoms. The summed E-state index contributed by atoms with van der Waals surface area (Å²) in [7, 11) is 3.33. The highest BCUT2D eigenvalue weighted by Crippen LogP contribution is 2.19. The van der Waals surface area contributed by atoms with Crippen molar-refractivity contribution in [1.82, 2.24) is 30.4 Å². The van der Waals surface area contributed by atoms with E-state index >= 15 is 0 Å². The number of hydrogen-bond acceptors (Lipinski definition) is 8. The number of nitrogens with zero attached hydrogens (tertiary/aromatic N) is 4. The molecule has 2 heterocycles.